The van der Waals surface area contributed by atoms with Gasteiger partial charge in [0.1, 0.15) is 18.2 Å². The molecule has 1 aliphatic heterocycles. The minimum absolute atomic E-state index is 0.180. The summed E-state index contributed by atoms with van der Waals surface area (Å²) in [6, 6.07) is 22.4. The average molecular weight is 539 g/mol. The maximum Gasteiger partial charge on any atom is 0.165 e. The van der Waals surface area contributed by atoms with Crippen LogP contribution in [-0.4, -0.2) is 39.6 Å². The third kappa shape index (κ3) is 4.13. The fourth-order valence-electron chi connectivity index (χ4n) is 4.75. The fourth-order valence-corrected chi connectivity index (χ4v) is 5.15. The van der Waals surface area contributed by atoms with Gasteiger partial charge in [-0.05, 0) is 35.4 Å². The molecule has 0 bridgehead atoms. The number of pyridine rings is 2. The summed E-state index contributed by atoms with van der Waals surface area (Å²) in [7, 11) is 0. The topological polar surface area (TPSA) is 98.8 Å². The Balaban J connectivity index is 1.75. The second-order valence-electron chi connectivity index (χ2n) is 8.54. The van der Waals surface area contributed by atoms with Crippen LogP contribution in [0.4, 0.5) is 5.82 Å². The molecule has 0 saturated carbocycles. The Bertz CT molecular complexity index is 1550. The van der Waals surface area contributed by atoms with Crippen LogP contribution in [0.3, 0.4) is 0 Å². The van der Waals surface area contributed by atoms with Crippen LogP contribution in [0.1, 0.15) is 11.8 Å². The van der Waals surface area contributed by atoms with E-state index >= 15 is 0 Å². The van der Waals surface area contributed by atoms with Crippen LogP contribution in [-0.2, 0) is 4.74 Å². The van der Waals surface area contributed by atoms with Crippen LogP contribution in [0.15, 0.2) is 83.7 Å². The van der Waals surface area contributed by atoms with Gasteiger partial charge in [0.05, 0.1) is 23.4 Å². The average Bonchev–Trinajstić information content (AvgIpc) is 2.93. The molecule has 8 heteroatoms. The van der Waals surface area contributed by atoms with E-state index in [0.717, 1.165) is 55.6 Å². The number of hydrogen-bond donors (Lipinski definition) is 2. The molecule has 1 atom stereocenters. The minimum atomic E-state index is -0.180. The molecule has 1 fully saturated rings. The lowest BCUT2D eigenvalue weighted by Gasteiger charge is -2.26. The van der Waals surface area contributed by atoms with Gasteiger partial charge in [0.25, 0.3) is 0 Å². The number of anilines is 1. The number of hydrogen-bond acceptors (Lipinski definition) is 7. The Labute approximate surface area is 216 Å². The summed E-state index contributed by atoms with van der Waals surface area (Å²) < 4.78 is 7.07. The normalized spacial score (nSPS) is 15.8. The molecule has 2 aromatic carbocycles. The van der Waals surface area contributed by atoms with Crippen molar-refractivity contribution in [1.29, 1.82) is 0 Å². The summed E-state index contributed by atoms with van der Waals surface area (Å²) in [4.78, 5) is 18.7. The first-order chi connectivity index (χ1) is 17.7. The number of nitrogens with zero attached hydrogens (tertiary/aromatic N) is 4. The van der Waals surface area contributed by atoms with Crippen LogP contribution in [0.2, 0.25) is 0 Å². The highest BCUT2D eigenvalue weighted by molar-refractivity contribution is 9.10. The number of benzene rings is 2. The quantitative estimate of drug-likeness (QED) is 0.315. The maximum atomic E-state index is 6.47. The third-order valence-electron chi connectivity index (χ3n) is 6.31. The van der Waals surface area contributed by atoms with Gasteiger partial charge in [0.2, 0.25) is 0 Å². The van der Waals surface area contributed by atoms with Gasteiger partial charge in [-0.1, -0.05) is 58.4 Å². The second kappa shape index (κ2) is 9.73. The monoisotopic (exact) mass is 538 g/mol. The van der Waals surface area contributed by atoms with Crippen molar-refractivity contribution in [2.75, 3.05) is 25.4 Å². The number of morpholine rings is 1. The summed E-state index contributed by atoms with van der Waals surface area (Å²) in [5, 5.41) is 4.13. The van der Waals surface area contributed by atoms with Gasteiger partial charge < -0.3 is 15.8 Å². The first kappa shape index (κ1) is 22.7. The Hall–Kier alpha value is -3.72. The molecule has 1 unspecified atom stereocenters. The Morgan fingerprint density at radius 2 is 1.78 bits per heavy atom. The van der Waals surface area contributed by atoms with E-state index in [1.165, 1.54) is 6.33 Å². The van der Waals surface area contributed by atoms with Crippen LogP contribution < -0.4 is 11.1 Å². The van der Waals surface area contributed by atoms with Gasteiger partial charge in [-0.25, -0.2) is 15.0 Å². The first-order valence-corrected chi connectivity index (χ1v) is 12.5. The fraction of sp³-hybridized carbons (Fsp3) is 0.143. The number of ether oxygens (including phenoxy) is 1. The molecule has 5 aromatic rings. The molecule has 7 nitrogen and oxygen atoms in total. The van der Waals surface area contributed by atoms with Gasteiger partial charge in [0, 0.05) is 40.4 Å². The van der Waals surface area contributed by atoms with Crippen molar-refractivity contribution in [1.82, 2.24) is 25.3 Å². The van der Waals surface area contributed by atoms with Gasteiger partial charge in [-0.2, -0.15) is 0 Å². The lowest BCUT2D eigenvalue weighted by Crippen LogP contribution is -2.34. The van der Waals surface area contributed by atoms with Gasteiger partial charge in [-0.3, -0.25) is 4.98 Å². The zero-order valence-corrected chi connectivity index (χ0v) is 20.9. The number of nitrogens with two attached hydrogens (primary N) is 1. The molecule has 0 aliphatic carbocycles. The minimum Gasteiger partial charge on any atom is -0.383 e. The number of nitrogens with one attached hydrogen (secondary N) is 1. The van der Waals surface area contributed by atoms with Gasteiger partial charge >= 0.3 is 0 Å². The lowest BCUT2D eigenvalue weighted by atomic mass is 9.88. The van der Waals surface area contributed by atoms with Crippen LogP contribution >= 0.6 is 15.9 Å². The Morgan fingerprint density at radius 1 is 0.917 bits per heavy atom. The summed E-state index contributed by atoms with van der Waals surface area (Å²) in [5.41, 5.74) is 13.4. The molecule has 1 aliphatic rings. The van der Waals surface area contributed by atoms with Crippen LogP contribution in [0.5, 0.6) is 0 Å². The number of halogens is 1. The zero-order valence-electron chi connectivity index (χ0n) is 19.4. The summed E-state index contributed by atoms with van der Waals surface area (Å²) in [6.45, 7) is 2.14. The van der Waals surface area contributed by atoms with Crippen molar-refractivity contribution in [2.45, 2.75) is 6.10 Å². The highest BCUT2D eigenvalue weighted by Gasteiger charge is 2.27. The smallest absolute Gasteiger partial charge is 0.165 e. The van der Waals surface area contributed by atoms with Crippen molar-refractivity contribution in [2.24, 2.45) is 0 Å². The van der Waals surface area contributed by atoms with E-state index in [2.05, 4.69) is 61.5 Å². The first-order valence-electron chi connectivity index (χ1n) is 11.7. The van der Waals surface area contributed by atoms with Crippen molar-refractivity contribution in [3.8, 4) is 33.5 Å². The van der Waals surface area contributed by atoms with E-state index in [4.69, 9.17) is 20.4 Å². The lowest BCUT2D eigenvalue weighted by molar-refractivity contribution is 0.0254. The van der Waals surface area contributed by atoms with E-state index in [1.807, 2.05) is 36.4 Å². The number of fused-ring (bicyclic) bond motifs is 1. The van der Waals surface area contributed by atoms with E-state index in [-0.39, 0.29) is 6.10 Å². The van der Waals surface area contributed by atoms with Gasteiger partial charge in [-0.15, -0.1) is 0 Å². The van der Waals surface area contributed by atoms with Crippen molar-refractivity contribution < 1.29 is 4.74 Å². The molecule has 3 aromatic heterocycles. The van der Waals surface area contributed by atoms with Gasteiger partial charge in [0.15, 0.2) is 5.65 Å². The van der Waals surface area contributed by atoms with Crippen molar-refractivity contribution >= 4 is 32.8 Å². The molecule has 3 N–H and O–H groups in total. The summed E-state index contributed by atoms with van der Waals surface area (Å²) in [6.07, 6.45) is 3.08. The molecule has 178 valence electrons. The van der Waals surface area contributed by atoms with Crippen LogP contribution in [0.25, 0.3) is 44.5 Å². The van der Waals surface area contributed by atoms with E-state index in [1.54, 1.807) is 6.20 Å². The second-order valence-corrected chi connectivity index (χ2v) is 9.46. The number of nitrogen functional groups attached to an aromatic ring is 1. The zero-order chi connectivity index (χ0) is 24.5. The SMILES string of the molecule is Nc1ncnc2nc(-c3cccnc3C3CNCCO3)c(-c3ccccc3)c(-c3cccc(Br)c3)c12. The Morgan fingerprint density at radius 3 is 2.58 bits per heavy atom. The third-order valence-corrected chi connectivity index (χ3v) is 6.81. The van der Waals surface area contributed by atoms with E-state index in [0.29, 0.717) is 24.6 Å². The summed E-state index contributed by atoms with van der Waals surface area (Å²) >= 11 is 3.64. The highest BCUT2D eigenvalue weighted by Crippen LogP contribution is 2.45. The molecule has 36 heavy (non-hydrogen) atoms. The molecule has 6 rings (SSSR count). The number of rotatable bonds is 4. The van der Waals surface area contributed by atoms with Crippen LogP contribution in [0, 0.1) is 0 Å². The molecule has 0 amide bonds. The molecule has 0 spiro atoms. The Kier molecular flexibility index (Phi) is 6.14. The maximum absolute atomic E-state index is 6.47. The molecule has 1 saturated heterocycles. The summed E-state index contributed by atoms with van der Waals surface area (Å²) in [5.74, 6) is 0.387. The molecular weight excluding hydrogens is 516 g/mol. The predicted molar refractivity (Wildman–Crippen MR) is 145 cm³/mol. The van der Waals surface area contributed by atoms with Crippen molar-refractivity contribution in [3.05, 3.63) is 89.4 Å². The standard InChI is InChI=1S/C28H23BrN6O/c29-19-9-4-8-18(14-19)22-23(17-6-2-1-3-7-17)26(35-28-24(22)27(30)33-16-34-28)20-10-5-11-32-25(20)21-15-31-12-13-36-21/h1-11,14,16,21,31H,12-13,15H2,(H2,30,33,34,35). The highest BCUT2D eigenvalue weighted by atomic mass is 79.9. The van der Waals surface area contributed by atoms with E-state index < -0.39 is 0 Å². The predicted octanol–water partition coefficient (Wildman–Crippen LogP) is 5.43. The molecule has 0 radical (unpaired) electrons. The molecular formula is C28H23BrN6O. The van der Waals surface area contributed by atoms with E-state index in [9.17, 15) is 0 Å². The van der Waals surface area contributed by atoms with Crippen molar-refractivity contribution in [3.63, 3.8) is 0 Å². The largest absolute Gasteiger partial charge is 0.383 e. The molecule has 4 heterocycles. The number of aromatic nitrogens is 4.